The predicted molar refractivity (Wildman–Crippen MR) is 109 cm³/mol. The fourth-order valence-electron chi connectivity index (χ4n) is 4.02. The molecule has 1 aromatic heterocycles. The Hall–Kier alpha value is -3.02. The molecule has 0 spiro atoms. The number of hydrogen-bond acceptors (Lipinski definition) is 3. The summed E-state index contributed by atoms with van der Waals surface area (Å²) in [7, 11) is 1.68. The largest absolute Gasteiger partial charge is 0.497 e. The van der Waals surface area contributed by atoms with Gasteiger partial charge in [0.15, 0.2) is 0 Å². The molecular formula is C22H25N3O3. The van der Waals surface area contributed by atoms with E-state index in [0.29, 0.717) is 5.92 Å². The first-order valence-corrected chi connectivity index (χ1v) is 9.72. The van der Waals surface area contributed by atoms with E-state index in [1.54, 1.807) is 7.11 Å². The van der Waals surface area contributed by atoms with Crippen LogP contribution in [0.25, 0.3) is 11.0 Å². The number of para-hydroxylation sites is 2. The standard InChI is InChI=1S/C22H25N3O3/c1-28-18-6-4-5-17(14-18)13-16-9-11-24(12-10-16)21(26)15-25-20-8-3-2-7-19(20)23-22(25)27/h2-8,14,16H,9-13,15H2,1H3,(H,23,27). The third-order valence-corrected chi connectivity index (χ3v) is 5.60. The van der Waals surface area contributed by atoms with E-state index in [4.69, 9.17) is 4.74 Å². The van der Waals surface area contributed by atoms with E-state index in [1.807, 2.05) is 41.3 Å². The molecule has 1 aliphatic heterocycles. The number of ether oxygens (including phenoxy) is 1. The molecule has 3 aromatic rings. The van der Waals surface area contributed by atoms with Crippen LogP contribution in [0.1, 0.15) is 18.4 Å². The number of methoxy groups -OCH3 is 1. The molecule has 1 fully saturated rings. The molecule has 6 heteroatoms. The van der Waals surface area contributed by atoms with Crippen molar-refractivity contribution >= 4 is 16.9 Å². The van der Waals surface area contributed by atoms with E-state index in [-0.39, 0.29) is 18.1 Å². The van der Waals surface area contributed by atoms with Crippen LogP contribution in [0.5, 0.6) is 5.75 Å². The minimum absolute atomic E-state index is 0.00619. The van der Waals surface area contributed by atoms with Gasteiger partial charge >= 0.3 is 5.69 Å². The van der Waals surface area contributed by atoms with Gasteiger partial charge in [-0.25, -0.2) is 4.79 Å². The number of hydrogen-bond donors (Lipinski definition) is 1. The Morgan fingerprint density at radius 1 is 1.14 bits per heavy atom. The topological polar surface area (TPSA) is 67.3 Å². The second-order valence-electron chi connectivity index (χ2n) is 7.41. The highest BCUT2D eigenvalue weighted by molar-refractivity contribution is 5.80. The Morgan fingerprint density at radius 3 is 2.71 bits per heavy atom. The number of amides is 1. The molecule has 0 saturated carbocycles. The number of benzene rings is 2. The molecule has 1 aliphatic rings. The van der Waals surface area contributed by atoms with Crippen molar-refractivity contribution in [3.63, 3.8) is 0 Å². The van der Waals surface area contributed by atoms with E-state index < -0.39 is 0 Å². The number of rotatable bonds is 5. The number of H-pyrrole nitrogens is 1. The second kappa shape index (κ2) is 7.92. The molecule has 0 atom stereocenters. The molecule has 6 nitrogen and oxygen atoms in total. The van der Waals surface area contributed by atoms with Crippen LogP contribution in [0, 0.1) is 5.92 Å². The normalized spacial score (nSPS) is 15.1. The third kappa shape index (κ3) is 3.81. The van der Waals surface area contributed by atoms with Gasteiger partial charge in [0, 0.05) is 13.1 Å². The molecule has 1 amide bonds. The number of carbonyl (C=O) groups is 1. The highest BCUT2D eigenvalue weighted by atomic mass is 16.5. The average Bonchev–Trinajstić information content (AvgIpc) is 3.04. The van der Waals surface area contributed by atoms with Gasteiger partial charge in [0.1, 0.15) is 12.3 Å². The zero-order chi connectivity index (χ0) is 19.5. The number of aromatic amines is 1. The van der Waals surface area contributed by atoms with Crippen molar-refractivity contribution in [3.05, 3.63) is 64.6 Å². The molecule has 0 aliphatic carbocycles. The van der Waals surface area contributed by atoms with Crippen molar-refractivity contribution in [2.45, 2.75) is 25.8 Å². The lowest BCUT2D eigenvalue weighted by Crippen LogP contribution is -2.41. The fraction of sp³-hybridized carbons (Fsp3) is 0.364. The molecule has 1 saturated heterocycles. The monoisotopic (exact) mass is 379 g/mol. The van der Waals surface area contributed by atoms with Crippen LogP contribution in [-0.4, -0.2) is 40.6 Å². The lowest BCUT2D eigenvalue weighted by atomic mass is 9.90. The molecule has 1 N–H and O–H groups in total. The predicted octanol–water partition coefficient (Wildman–Crippen LogP) is 2.82. The Kier molecular flexibility index (Phi) is 5.19. The van der Waals surface area contributed by atoms with Crippen LogP contribution in [0.4, 0.5) is 0 Å². The number of likely N-dealkylation sites (tertiary alicyclic amines) is 1. The zero-order valence-electron chi connectivity index (χ0n) is 16.1. The fourth-order valence-corrected chi connectivity index (χ4v) is 4.02. The van der Waals surface area contributed by atoms with Crippen LogP contribution >= 0.6 is 0 Å². The molecular weight excluding hydrogens is 354 g/mol. The maximum absolute atomic E-state index is 12.7. The average molecular weight is 379 g/mol. The summed E-state index contributed by atoms with van der Waals surface area (Å²) in [6.45, 7) is 1.57. The van der Waals surface area contributed by atoms with Crippen molar-refractivity contribution in [2.24, 2.45) is 5.92 Å². The van der Waals surface area contributed by atoms with Gasteiger partial charge in [0.05, 0.1) is 18.1 Å². The summed E-state index contributed by atoms with van der Waals surface area (Å²) in [5.74, 6) is 1.45. The quantitative estimate of drug-likeness (QED) is 0.741. The molecule has 0 unspecified atom stereocenters. The van der Waals surface area contributed by atoms with Crippen molar-refractivity contribution in [1.29, 1.82) is 0 Å². The maximum Gasteiger partial charge on any atom is 0.326 e. The van der Waals surface area contributed by atoms with Gasteiger partial charge in [-0.15, -0.1) is 0 Å². The third-order valence-electron chi connectivity index (χ3n) is 5.60. The van der Waals surface area contributed by atoms with Crippen LogP contribution in [0.3, 0.4) is 0 Å². The van der Waals surface area contributed by atoms with E-state index in [0.717, 1.165) is 49.1 Å². The first-order chi connectivity index (χ1) is 13.6. The summed E-state index contributed by atoms with van der Waals surface area (Å²) >= 11 is 0. The van der Waals surface area contributed by atoms with Gasteiger partial charge in [0.2, 0.25) is 5.91 Å². The molecule has 4 rings (SSSR count). The van der Waals surface area contributed by atoms with E-state index in [2.05, 4.69) is 17.1 Å². The Bertz CT molecular complexity index is 1030. The summed E-state index contributed by atoms with van der Waals surface area (Å²) in [6.07, 6.45) is 2.96. The number of aromatic nitrogens is 2. The Balaban J connectivity index is 1.36. The number of carbonyl (C=O) groups excluding carboxylic acids is 1. The Labute approximate surface area is 163 Å². The molecule has 0 bridgehead atoms. The van der Waals surface area contributed by atoms with E-state index in [9.17, 15) is 9.59 Å². The highest BCUT2D eigenvalue weighted by Gasteiger charge is 2.24. The molecule has 2 heterocycles. The lowest BCUT2D eigenvalue weighted by Gasteiger charge is -2.32. The van der Waals surface area contributed by atoms with Gasteiger partial charge in [-0.3, -0.25) is 9.36 Å². The summed E-state index contributed by atoms with van der Waals surface area (Å²) in [4.78, 5) is 29.6. The summed E-state index contributed by atoms with van der Waals surface area (Å²) in [5, 5.41) is 0. The van der Waals surface area contributed by atoms with Gasteiger partial charge in [-0.05, 0) is 55.0 Å². The van der Waals surface area contributed by atoms with E-state index >= 15 is 0 Å². The second-order valence-corrected chi connectivity index (χ2v) is 7.41. The van der Waals surface area contributed by atoms with Crippen molar-refractivity contribution < 1.29 is 9.53 Å². The molecule has 2 aromatic carbocycles. The van der Waals surface area contributed by atoms with Gasteiger partial charge in [-0.1, -0.05) is 24.3 Å². The minimum Gasteiger partial charge on any atom is -0.497 e. The Morgan fingerprint density at radius 2 is 1.93 bits per heavy atom. The number of fused-ring (bicyclic) bond motifs is 1. The van der Waals surface area contributed by atoms with Gasteiger partial charge < -0.3 is 14.6 Å². The van der Waals surface area contributed by atoms with Crippen LogP contribution in [-0.2, 0) is 17.8 Å². The summed E-state index contributed by atoms with van der Waals surface area (Å²) in [5.41, 5.74) is 2.57. The minimum atomic E-state index is -0.234. The van der Waals surface area contributed by atoms with Crippen molar-refractivity contribution in [2.75, 3.05) is 20.2 Å². The van der Waals surface area contributed by atoms with Gasteiger partial charge in [-0.2, -0.15) is 0 Å². The van der Waals surface area contributed by atoms with E-state index in [1.165, 1.54) is 10.1 Å². The number of imidazole rings is 1. The molecule has 28 heavy (non-hydrogen) atoms. The SMILES string of the molecule is COc1cccc(CC2CCN(C(=O)Cn3c(=O)[nH]c4ccccc43)CC2)c1. The van der Waals surface area contributed by atoms with Crippen LogP contribution in [0.15, 0.2) is 53.3 Å². The van der Waals surface area contributed by atoms with Crippen molar-refractivity contribution in [1.82, 2.24) is 14.5 Å². The highest BCUT2D eigenvalue weighted by Crippen LogP contribution is 2.24. The first kappa shape index (κ1) is 18.3. The van der Waals surface area contributed by atoms with Gasteiger partial charge in [0.25, 0.3) is 0 Å². The summed E-state index contributed by atoms with van der Waals surface area (Å²) < 4.78 is 6.83. The number of piperidine rings is 1. The molecule has 146 valence electrons. The van der Waals surface area contributed by atoms with Crippen molar-refractivity contribution in [3.8, 4) is 5.75 Å². The smallest absolute Gasteiger partial charge is 0.326 e. The number of nitrogens with one attached hydrogen (secondary N) is 1. The van der Waals surface area contributed by atoms with Crippen LogP contribution < -0.4 is 10.4 Å². The first-order valence-electron chi connectivity index (χ1n) is 9.72. The lowest BCUT2D eigenvalue weighted by molar-refractivity contribution is -0.133. The zero-order valence-corrected chi connectivity index (χ0v) is 16.1. The van der Waals surface area contributed by atoms with Crippen LogP contribution in [0.2, 0.25) is 0 Å². The maximum atomic E-state index is 12.7. The molecule has 0 radical (unpaired) electrons. The number of nitrogens with zero attached hydrogens (tertiary/aromatic N) is 2. The summed E-state index contributed by atoms with van der Waals surface area (Å²) in [6, 6.07) is 15.6.